The number of hydrogen-bond acceptors (Lipinski definition) is 1. The summed E-state index contributed by atoms with van der Waals surface area (Å²) in [5.74, 6) is 0.817. The molecule has 1 nitrogen and oxygen atoms in total. The van der Waals surface area contributed by atoms with Crippen LogP contribution in [0.25, 0.3) is 0 Å². The van der Waals surface area contributed by atoms with Crippen LogP contribution in [0.15, 0.2) is 24.4 Å². The Morgan fingerprint density at radius 3 is 2.73 bits per heavy atom. The van der Waals surface area contributed by atoms with Crippen molar-refractivity contribution in [1.29, 1.82) is 0 Å². The first-order valence-corrected chi connectivity index (χ1v) is 4.15. The Morgan fingerprint density at radius 1 is 1.55 bits per heavy atom. The van der Waals surface area contributed by atoms with Gasteiger partial charge in [0.1, 0.15) is 0 Å². The molecule has 0 bridgehead atoms. The summed E-state index contributed by atoms with van der Waals surface area (Å²) in [6, 6.07) is 6.17. The summed E-state index contributed by atoms with van der Waals surface area (Å²) in [7, 11) is 0. The summed E-state index contributed by atoms with van der Waals surface area (Å²) >= 11 is 0. The SMILES string of the molecule is CC1CC1(C)c1ccccn1. The predicted octanol–water partition coefficient (Wildman–Crippen LogP) is 2.38. The number of aromatic nitrogens is 1. The van der Waals surface area contributed by atoms with Crippen molar-refractivity contribution in [1.82, 2.24) is 4.98 Å². The van der Waals surface area contributed by atoms with E-state index in [1.54, 1.807) is 0 Å². The molecule has 1 heteroatoms. The third kappa shape index (κ3) is 0.953. The second-order valence-corrected chi connectivity index (χ2v) is 3.74. The summed E-state index contributed by atoms with van der Waals surface area (Å²) in [6.45, 7) is 4.58. The van der Waals surface area contributed by atoms with Gasteiger partial charge in [0.25, 0.3) is 0 Å². The molecule has 2 rings (SSSR count). The minimum atomic E-state index is 0.390. The fourth-order valence-electron chi connectivity index (χ4n) is 1.63. The van der Waals surface area contributed by atoms with Gasteiger partial charge in [-0.05, 0) is 24.5 Å². The Labute approximate surface area is 67.5 Å². The van der Waals surface area contributed by atoms with Gasteiger partial charge in [-0.25, -0.2) is 0 Å². The maximum atomic E-state index is 4.36. The Morgan fingerprint density at radius 2 is 2.27 bits per heavy atom. The number of nitrogens with zero attached hydrogens (tertiary/aromatic N) is 1. The summed E-state index contributed by atoms with van der Waals surface area (Å²) < 4.78 is 0. The van der Waals surface area contributed by atoms with Crippen LogP contribution in [0.1, 0.15) is 26.0 Å². The molecule has 1 fully saturated rings. The van der Waals surface area contributed by atoms with Crippen molar-refractivity contribution in [2.45, 2.75) is 25.7 Å². The molecule has 0 spiro atoms. The Hall–Kier alpha value is -0.850. The lowest BCUT2D eigenvalue weighted by Gasteiger charge is -2.07. The first-order chi connectivity index (χ1) is 5.23. The average molecular weight is 147 g/mol. The van der Waals surface area contributed by atoms with Crippen molar-refractivity contribution in [3.8, 4) is 0 Å². The number of pyridine rings is 1. The molecule has 1 heterocycles. The van der Waals surface area contributed by atoms with Crippen molar-refractivity contribution in [3.63, 3.8) is 0 Å². The van der Waals surface area contributed by atoms with Crippen molar-refractivity contribution in [2.75, 3.05) is 0 Å². The van der Waals surface area contributed by atoms with Crippen LogP contribution in [-0.4, -0.2) is 4.98 Å². The lowest BCUT2D eigenvalue weighted by atomic mass is 10.0. The van der Waals surface area contributed by atoms with E-state index in [4.69, 9.17) is 0 Å². The molecule has 2 atom stereocenters. The molecule has 1 aromatic rings. The quantitative estimate of drug-likeness (QED) is 0.594. The van der Waals surface area contributed by atoms with E-state index >= 15 is 0 Å². The van der Waals surface area contributed by atoms with Gasteiger partial charge in [0.2, 0.25) is 0 Å². The van der Waals surface area contributed by atoms with Crippen LogP contribution in [0.2, 0.25) is 0 Å². The van der Waals surface area contributed by atoms with E-state index in [0.29, 0.717) is 5.41 Å². The third-order valence-corrected chi connectivity index (χ3v) is 2.91. The zero-order valence-corrected chi connectivity index (χ0v) is 7.04. The van der Waals surface area contributed by atoms with Crippen molar-refractivity contribution in [3.05, 3.63) is 30.1 Å². The van der Waals surface area contributed by atoms with Gasteiger partial charge in [0, 0.05) is 17.3 Å². The van der Waals surface area contributed by atoms with Gasteiger partial charge >= 0.3 is 0 Å². The second-order valence-electron chi connectivity index (χ2n) is 3.74. The maximum absolute atomic E-state index is 4.36. The molecule has 2 unspecified atom stereocenters. The van der Waals surface area contributed by atoms with Crippen molar-refractivity contribution in [2.24, 2.45) is 5.92 Å². The minimum absolute atomic E-state index is 0.390. The maximum Gasteiger partial charge on any atom is 0.0465 e. The van der Waals surface area contributed by atoms with Gasteiger partial charge in [0.15, 0.2) is 0 Å². The molecule has 1 aliphatic carbocycles. The highest BCUT2D eigenvalue weighted by atomic mass is 14.7. The van der Waals surface area contributed by atoms with Crippen molar-refractivity contribution < 1.29 is 0 Å². The lowest BCUT2D eigenvalue weighted by Crippen LogP contribution is -2.04. The second kappa shape index (κ2) is 2.07. The lowest BCUT2D eigenvalue weighted by molar-refractivity contribution is 0.676. The van der Waals surface area contributed by atoms with E-state index in [9.17, 15) is 0 Å². The molecular weight excluding hydrogens is 134 g/mol. The van der Waals surface area contributed by atoms with Crippen molar-refractivity contribution >= 4 is 0 Å². The first kappa shape index (κ1) is 6.84. The number of hydrogen-bond donors (Lipinski definition) is 0. The summed E-state index contributed by atoms with van der Waals surface area (Å²) in [5, 5.41) is 0. The highest BCUT2D eigenvalue weighted by molar-refractivity contribution is 5.25. The highest BCUT2D eigenvalue weighted by Crippen LogP contribution is 2.52. The molecule has 0 N–H and O–H groups in total. The first-order valence-electron chi connectivity index (χ1n) is 4.15. The van der Waals surface area contributed by atoms with E-state index in [0.717, 1.165) is 5.92 Å². The molecular formula is C10H13N. The molecule has 0 aromatic carbocycles. The van der Waals surface area contributed by atoms with Gasteiger partial charge in [-0.2, -0.15) is 0 Å². The van der Waals surface area contributed by atoms with Crippen LogP contribution in [-0.2, 0) is 5.41 Å². The molecule has 0 radical (unpaired) electrons. The topological polar surface area (TPSA) is 12.9 Å². The summed E-state index contributed by atoms with van der Waals surface area (Å²) in [5.41, 5.74) is 1.65. The third-order valence-electron chi connectivity index (χ3n) is 2.91. The summed E-state index contributed by atoms with van der Waals surface area (Å²) in [6.07, 6.45) is 3.18. The van der Waals surface area contributed by atoms with Crippen LogP contribution in [0.5, 0.6) is 0 Å². The molecule has 1 aromatic heterocycles. The Balaban J connectivity index is 2.32. The van der Waals surface area contributed by atoms with E-state index < -0.39 is 0 Å². The minimum Gasteiger partial charge on any atom is -0.261 e. The fraction of sp³-hybridized carbons (Fsp3) is 0.500. The molecule has 11 heavy (non-hydrogen) atoms. The van der Waals surface area contributed by atoms with E-state index in [2.05, 4.69) is 31.0 Å². The normalized spacial score (nSPS) is 35.3. The van der Waals surface area contributed by atoms with Crippen LogP contribution in [0, 0.1) is 5.92 Å². The van der Waals surface area contributed by atoms with Gasteiger partial charge in [0.05, 0.1) is 0 Å². The molecule has 0 saturated heterocycles. The van der Waals surface area contributed by atoms with E-state index in [1.165, 1.54) is 12.1 Å². The predicted molar refractivity (Wildman–Crippen MR) is 45.4 cm³/mol. The van der Waals surface area contributed by atoms with Gasteiger partial charge in [-0.3, -0.25) is 4.98 Å². The largest absolute Gasteiger partial charge is 0.261 e. The van der Waals surface area contributed by atoms with Gasteiger partial charge in [-0.1, -0.05) is 19.9 Å². The van der Waals surface area contributed by atoms with Crippen LogP contribution in [0.4, 0.5) is 0 Å². The summed E-state index contributed by atoms with van der Waals surface area (Å²) in [4.78, 5) is 4.36. The van der Waals surface area contributed by atoms with E-state index in [-0.39, 0.29) is 0 Å². The number of rotatable bonds is 1. The van der Waals surface area contributed by atoms with E-state index in [1.807, 2.05) is 12.3 Å². The Kier molecular flexibility index (Phi) is 1.28. The molecule has 1 aliphatic rings. The highest BCUT2D eigenvalue weighted by Gasteiger charge is 2.48. The van der Waals surface area contributed by atoms with Crippen LogP contribution < -0.4 is 0 Å². The van der Waals surface area contributed by atoms with Gasteiger partial charge in [-0.15, -0.1) is 0 Å². The van der Waals surface area contributed by atoms with Gasteiger partial charge < -0.3 is 0 Å². The molecule has 58 valence electrons. The smallest absolute Gasteiger partial charge is 0.0465 e. The Bertz CT molecular complexity index is 255. The monoisotopic (exact) mass is 147 g/mol. The standard InChI is InChI=1S/C10H13N/c1-8-7-10(8,2)9-5-3-4-6-11-9/h3-6,8H,7H2,1-2H3. The molecule has 0 aliphatic heterocycles. The zero-order chi connectivity index (χ0) is 7.90. The molecule has 0 amide bonds. The molecule has 1 saturated carbocycles. The van der Waals surface area contributed by atoms with Crippen LogP contribution in [0.3, 0.4) is 0 Å². The zero-order valence-electron chi connectivity index (χ0n) is 7.04. The van der Waals surface area contributed by atoms with Crippen LogP contribution >= 0.6 is 0 Å². The average Bonchev–Trinajstić information content (AvgIpc) is 2.64. The fourth-order valence-corrected chi connectivity index (χ4v) is 1.63.